The summed E-state index contributed by atoms with van der Waals surface area (Å²) < 4.78 is 5.43. The van der Waals surface area contributed by atoms with Crippen molar-refractivity contribution in [3.63, 3.8) is 0 Å². The Balaban J connectivity index is 1.59. The first kappa shape index (κ1) is 21.2. The Kier molecular flexibility index (Phi) is 7.20. The number of piperazine rings is 1. The maximum absolute atomic E-state index is 11.8. The monoisotopic (exact) mass is 396 g/mol. The Morgan fingerprint density at radius 1 is 1.14 bits per heavy atom. The highest BCUT2D eigenvalue weighted by atomic mass is 16.5. The first-order valence-corrected chi connectivity index (χ1v) is 10.5. The molecule has 6 heteroatoms. The predicted molar refractivity (Wildman–Crippen MR) is 115 cm³/mol. The van der Waals surface area contributed by atoms with Crippen molar-refractivity contribution in [2.24, 2.45) is 0 Å². The number of aryl methyl sites for hydroxylation is 2. The summed E-state index contributed by atoms with van der Waals surface area (Å²) in [5.41, 5.74) is 4.16. The zero-order valence-corrected chi connectivity index (χ0v) is 18.0. The van der Waals surface area contributed by atoms with Gasteiger partial charge in [-0.1, -0.05) is 25.1 Å². The number of ether oxygens (including phenoxy) is 1. The minimum atomic E-state index is -0.431. The molecule has 0 saturated carbocycles. The van der Waals surface area contributed by atoms with Crippen molar-refractivity contribution >= 4 is 11.8 Å². The highest BCUT2D eigenvalue weighted by Gasteiger charge is 2.21. The number of hydrogen-bond acceptors (Lipinski definition) is 6. The van der Waals surface area contributed by atoms with Crippen LogP contribution in [0.5, 0.6) is 0 Å². The second-order valence-electron chi connectivity index (χ2n) is 7.79. The summed E-state index contributed by atoms with van der Waals surface area (Å²) >= 11 is 0. The van der Waals surface area contributed by atoms with Gasteiger partial charge in [-0.25, -0.2) is 9.97 Å². The van der Waals surface area contributed by atoms with Crippen LogP contribution >= 0.6 is 0 Å². The Hall–Kier alpha value is -2.47. The minimum absolute atomic E-state index is 0.200. The van der Waals surface area contributed by atoms with E-state index in [9.17, 15) is 4.79 Å². The molecule has 1 aliphatic heterocycles. The molecular formula is C23H32N4O2. The van der Waals surface area contributed by atoms with E-state index in [4.69, 9.17) is 4.74 Å². The molecule has 6 nitrogen and oxygen atoms in total. The molecule has 1 aliphatic rings. The Morgan fingerprint density at radius 3 is 2.48 bits per heavy atom. The maximum Gasteiger partial charge on any atom is 0.306 e. The van der Waals surface area contributed by atoms with Gasteiger partial charge in [-0.05, 0) is 49.9 Å². The number of hydrogen-bond donors (Lipinski definition) is 0. The fourth-order valence-corrected chi connectivity index (χ4v) is 3.71. The zero-order chi connectivity index (χ0) is 20.8. The van der Waals surface area contributed by atoms with E-state index in [1.54, 1.807) is 6.20 Å². The zero-order valence-electron chi connectivity index (χ0n) is 18.0. The van der Waals surface area contributed by atoms with E-state index < -0.39 is 6.10 Å². The molecule has 1 aromatic carbocycles. The lowest BCUT2D eigenvalue weighted by molar-refractivity contribution is -0.149. The number of carbonyl (C=O) groups excluding carboxylic acids is 1. The van der Waals surface area contributed by atoms with Crippen LogP contribution in [0.25, 0.3) is 0 Å². The van der Waals surface area contributed by atoms with Gasteiger partial charge in [0.25, 0.3) is 0 Å². The van der Waals surface area contributed by atoms with Gasteiger partial charge < -0.3 is 9.64 Å². The van der Waals surface area contributed by atoms with Gasteiger partial charge >= 0.3 is 5.97 Å². The molecule has 0 N–H and O–H groups in total. The van der Waals surface area contributed by atoms with Crippen molar-refractivity contribution in [3.8, 4) is 0 Å². The maximum atomic E-state index is 11.8. The molecule has 0 spiro atoms. The molecule has 1 atom stereocenters. The molecule has 1 saturated heterocycles. The summed E-state index contributed by atoms with van der Waals surface area (Å²) in [5, 5.41) is 0. The van der Waals surface area contributed by atoms with Crippen molar-refractivity contribution in [2.45, 2.75) is 53.2 Å². The molecule has 3 rings (SSSR count). The number of carbonyl (C=O) groups is 1. The molecule has 0 amide bonds. The first-order chi connectivity index (χ1) is 14.0. The number of esters is 1. The van der Waals surface area contributed by atoms with E-state index in [2.05, 4.69) is 51.8 Å². The molecule has 29 heavy (non-hydrogen) atoms. The van der Waals surface area contributed by atoms with Gasteiger partial charge in [0.1, 0.15) is 5.82 Å². The Morgan fingerprint density at radius 2 is 1.83 bits per heavy atom. The summed E-state index contributed by atoms with van der Waals surface area (Å²) in [6, 6.07) is 8.44. The van der Waals surface area contributed by atoms with Crippen molar-refractivity contribution in [1.29, 1.82) is 0 Å². The molecule has 2 aromatic rings. The van der Waals surface area contributed by atoms with Gasteiger partial charge in [0, 0.05) is 45.3 Å². The minimum Gasteiger partial charge on any atom is -0.454 e. The molecule has 0 radical (unpaired) electrons. The largest absolute Gasteiger partial charge is 0.454 e. The van der Waals surface area contributed by atoms with E-state index in [0.29, 0.717) is 12.2 Å². The summed E-state index contributed by atoms with van der Waals surface area (Å²) in [6.45, 7) is 13.0. The lowest BCUT2D eigenvalue weighted by Crippen LogP contribution is -2.46. The number of rotatable bonds is 7. The number of anilines is 1. The van der Waals surface area contributed by atoms with Crippen molar-refractivity contribution in [1.82, 2.24) is 14.9 Å². The highest BCUT2D eigenvalue weighted by molar-refractivity contribution is 5.69. The van der Waals surface area contributed by atoms with Crippen molar-refractivity contribution < 1.29 is 9.53 Å². The molecule has 0 bridgehead atoms. The molecular weight excluding hydrogens is 364 g/mol. The van der Waals surface area contributed by atoms with Crippen LogP contribution in [0.1, 0.15) is 55.3 Å². The van der Waals surface area contributed by atoms with Gasteiger partial charge in [0.05, 0.1) is 0 Å². The average molecular weight is 397 g/mol. The third kappa shape index (κ3) is 5.54. The standard InChI is InChI=1S/C23H32N4O2/c1-5-7-22(28)29-19(4)23-24-11-10-21(25-23)27-14-12-26(13-15-27)16-20-17(2)8-6-9-18(20)3/h6,8-11,19H,5,7,12-16H2,1-4H3. The lowest BCUT2D eigenvalue weighted by Gasteiger charge is -2.36. The summed E-state index contributed by atoms with van der Waals surface area (Å²) in [7, 11) is 0. The third-order valence-electron chi connectivity index (χ3n) is 5.51. The second kappa shape index (κ2) is 9.83. The van der Waals surface area contributed by atoms with Crippen molar-refractivity contribution in [3.05, 3.63) is 53.0 Å². The van der Waals surface area contributed by atoms with Crippen LogP contribution in [0, 0.1) is 13.8 Å². The topological polar surface area (TPSA) is 58.6 Å². The summed E-state index contributed by atoms with van der Waals surface area (Å²) in [4.78, 5) is 25.5. The number of aromatic nitrogens is 2. The van der Waals surface area contributed by atoms with E-state index in [0.717, 1.165) is 45.0 Å². The van der Waals surface area contributed by atoms with Gasteiger partial charge in [-0.15, -0.1) is 0 Å². The quantitative estimate of drug-likeness (QED) is 0.663. The van der Waals surface area contributed by atoms with Crippen molar-refractivity contribution in [2.75, 3.05) is 31.1 Å². The van der Waals surface area contributed by atoms with Gasteiger partial charge in [0.15, 0.2) is 11.9 Å². The molecule has 156 valence electrons. The summed E-state index contributed by atoms with van der Waals surface area (Å²) in [6.07, 6.45) is 2.52. The second-order valence-corrected chi connectivity index (χ2v) is 7.79. The van der Waals surface area contributed by atoms with Crippen LogP contribution in [0.15, 0.2) is 30.5 Å². The van der Waals surface area contributed by atoms with E-state index >= 15 is 0 Å². The van der Waals surface area contributed by atoms with Gasteiger partial charge in [0.2, 0.25) is 0 Å². The molecule has 1 aromatic heterocycles. The van der Waals surface area contributed by atoms with Crippen LogP contribution in [0.3, 0.4) is 0 Å². The molecule has 1 fully saturated rings. The first-order valence-electron chi connectivity index (χ1n) is 10.5. The lowest BCUT2D eigenvalue weighted by atomic mass is 10.0. The van der Waals surface area contributed by atoms with Crippen LogP contribution in [-0.2, 0) is 16.1 Å². The number of benzene rings is 1. The van der Waals surface area contributed by atoms with Crippen LogP contribution < -0.4 is 4.90 Å². The van der Waals surface area contributed by atoms with Crippen LogP contribution in [-0.4, -0.2) is 47.0 Å². The smallest absolute Gasteiger partial charge is 0.306 e. The fourth-order valence-electron chi connectivity index (χ4n) is 3.71. The van der Waals surface area contributed by atoms with Crippen LogP contribution in [0.4, 0.5) is 5.82 Å². The molecule has 2 heterocycles. The predicted octanol–water partition coefficient (Wildman–Crippen LogP) is 3.82. The van der Waals surface area contributed by atoms with E-state index in [1.165, 1.54) is 16.7 Å². The SMILES string of the molecule is CCCC(=O)OC(C)c1nccc(N2CCN(Cc3c(C)cccc3C)CC2)n1. The number of nitrogens with zero attached hydrogens (tertiary/aromatic N) is 4. The molecule has 0 aliphatic carbocycles. The van der Waals surface area contributed by atoms with Crippen LogP contribution in [0.2, 0.25) is 0 Å². The highest BCUT2D eigenvalue weighted by Crippen LogP contribution is 2.21. The Bertz CT molecular complexity index is 811. The Labute approximate surface area is 173 Å². The van der Waals surface area contributed by atoms with E-state index in [-0.39, 0.29) is 5.97 Å². The molecule has 1 unspecified atom stereocenters. The van der Waals surface area contributed by atoms with Gasteiger partial charge in [-0.2, -0.15) is 0 Å². The van der Waals surface area contributed by atoms with E-state index in [1.807, 2.05) is 19.9 Å². The third-order valence-corrected chi connectivity index (χ3v) is 5.51. The fraction of sp³-hybridized carbons (Fsp3) is 0.522. The normalized spacial score (nSPS) is 15.9. The summed E-state index contributed by atoms with van der Waals surface area (Å²) in [5.74, 6) is 1.26. The van der Waals surface area contributed by atoms with Gasteiger partial charge in [-0.3, -0.25) is 9.69 Å². The average Bonchev–Trinajstić information content (AvgIpc) is 2.71.